The summed E-state index contributed by atoms with van der Waals surface area (Å²) in [4.78, 5) is 1.31. The van der Waals surface area contributed by atoms with Crippen LogP contribution in [0.1, 0.15) is 31.7 Å². The molecule has 0 fully saturated rings. The van der Waals surface area contributed by atoms with Crippen molar-refractivity contribution in [2.75, 3.05) is 6.54 Å². The average molecular weight is 293 g/mol. The van der Waals surface area contributed by atoms with Crippen molar-refractivity contribution < 1.29 is 5.11 Å². The van der Waals surface area contributed by atoms with E-state index in [0.717, 1.165) is 0 Å². The highest BCUT2D eigenvalue weighted by Gasteiger charge is 2.27. The molecule has 0 aromatic carbocycles. The summed E-state index contributed by atoms with van der Waals surface area (Å²) in [6.07, 6.45) is 3.15. The van der Waals surface area contributed by atoms with Crippen LogP contribution < -0.4 is 5.32 Å². The molecular weight excluding hydrogens is 270 g/mol. The lowest BCUT2D eigenvalue weighted by Gasteiger charge is -2.31. The smallest absolute Gasteiger partial charge is 0.0860 e. The van der Waals surface area contributed by atoms with Gasteiger partial charge in [-0.2, -0.15) is 5.10 Å². The third kappa shape index (κ3) is 4.16. The minimum atomic E-state index is -0.445. The largest absolute Gasteiger partial charge is 0.390 e. The molecule has 0 unspecified atom stereocenters. The molecule has 0 aliphatic carbocycles. The molecule has 2 N–H and O–H groups in total. The molecule has 110 valence electrons. The SMILES string of the molecule is CC(C)(C)[C@H](NC[C@@H](O)Cn1cccn1)c1cccs1. The van der Waals surface area contributed by atoms with Crippen LogP contribution in [0.4, 0.5) is 0 Å². The fourth-order valence-corrected chi connectivity index (χ4v) is 3.28. The van der Waals surface area contributed by atoms with Gasteiger partial charge in [0, 0.05) is 29.9 Å². The maximum atomic E-state index is 10.1. The first kappa shape index (κ1) is 15.2. The van der Waals surface area contributed by atoms with Gasteiger partial charge in [-0.05, 0) is 22.9 Å². The number of thiophene rings is 1. The summed E-state index contributed by atoms with van der Waals surface area (Å²) in [5.74, 6) is 0. The van der Waals surface area contributed by atoms with E-state index in [0.29, 0.717) is 13.1 Å². The van der Waals surface area contributed by atoms with Gasteiger partial charge in [-0.3, -0.25) is 4.68 Å². The van der Waals surface area contributed by atoms with Crippen LogP contribution in [0, 0.1) is 5.41 Å². The highest BCUT2D eigenvalue weighted by molar-refractivity contribution is 7.10. The van der Waals surface area contributed by atoms with E-state index >= 15 is 0 Å². The van der Waals surface area contributed by atoms with Crippen LogP contribution in [0.2, 0.25) is 0 Å². The fourth-order valence-electron chi connectivity index (χ4n) is 2.23. The standard InChI is InChI=1S/C15H23N3OS/c1-15(2,3)14(13-6-4-9-20-13)16-10-12(19)11-18-8-5-7-17-18/h4-9,12,14,16,19H,10-11H2,1-3H3/t12-,14-/m1/s1. The number of aliphatic hydroxyl groups is 1. The second-order valence-corrected chi connectivity index (χ2v) is 7.08. The summed E-state index contributed by atoms with van der Waals surface area (Å²) in [6, 6.07) is 6.33. The van der Waals surface area contributed by atoms with E-state index in [2.05, 4.69) is 48.7 Å². The summed E-state index contributed by atoms with van der Waals surface area (Å²) in [5.41, 5.74) is 0.107. The first-order valence-corrected chi connectivity index (χ1v) is 7.77. The molecule has 0 radical (unpaired) electrons. The second kappa shape index (κ2) is 6.52. The Morgan fingerprint density at radius 3 is 2.75 bits per heavy atom. The first-order valence-electron chi connectivity index (χ1n) is 6.89. The Bertz CT molecular complexity index is 488. The highest BCUT2D eigenvalue weighted by Crippen LogP contribution is 2.34. The number of rotatable bonds is 6. The lowest BCUT2D eigenvalue weighted by atomic mass is 9.85. The molecule has 0 aliphatic heterocycles. The van der Waals surface area contributed by atoms with Crippen LogP contribution in [0.15, 0.2) is 36.0 Å². The molecule has 2 heterocycles. The number of nitrogens with zero attached hydrogens (tertiary/aromatic N) is 2. The van der Waals surface area contributed by atoms with Crippen molar-refractivity contribution in [2.45, 2.75) is 39.5 Å². The molecule has 0 saturated heterocycles. The minimum Gasteiger partial charge on any atom is -0.390 e. The van der Waals surface area contributed by atoms with Gasteiger partial charge in [0.15, 0.2) is 0 Å². The quantitative estimate of drug-likeness (QED) is 0.861. The Morgan fingerprint density at radius 2 is 2.20 bits per heavy atom. The second-order valence-electron chi connectivity index (χ2n) is 6.10. The number of hydrogen-bond acceptors (Lipinski definition) is 4. The summed E-state index contributed by atoms with van der Waals surface area (Å²) < 4.78 is 1.75. The Balaban J connectivity index is 1.92. The van der Waals surface area contributed by atoms with E-state index in [1.165, 1.54) is 4.88 Å². The number of aromatic nitrogens is 2. The zero-order valence-corrected chi connectivity index (χ0v) is 13.1. The van der Waals surface area contributed by atoms with Crippen molar-refractivity contribution in [3.05, 3.63) is 40.8 Å². The van der Waals surface area contributed by atoms with E-state index in [1.54, 1.807) is 22.2 Å². The Labute approximate surface area is 124 Å². The molecule has 2 aromatic rings. The third-order valence-electron chi connectivity index (χ3n) is 3.21. The Kier molecular flexibility index (Phi) is 4.96. The number of nitrogens with one attached hydrogen (secondary N) is 1. The van der Waals surface area contributed by atoms with Crippen LogP contribution in [-0.4, -0.2) is 27.5 Å². The van der Waals surface area contributed by atoms with E-state index in [-0.39, 0.29) is 11.5 Å². The van der Waals surface area contributed by atoms with E-state index in [9.17, 15) is 5.11 Å². The molecule has 0 saturated carbocycles. The molecule has 4 nitrogen and oxygen atoms in total. The zero-order chi connectivity index (χ0) is 14.6. The Morgan fingerprint density at radius 1 is 1.40 bits per heavy atom. The molecule has 0 spiro atoms. The molecule has 2 aromatic heterocycles. The van der Waals surface area contributed by atoms with Gasteiger partial charge in [-0.1, -0.05) is 26.8 Å². The van der Waals surface area contributed by atoms with E-state index < -0.39 is 6.10 Å². The van der Waals surface area contributed by atoms with Crippen LogP contribution >= 0.6 is 11.3 Å². The number of hydrogen-bond donors (Lipinski definition) is 2. The van der Waals surface area contributed by atoms with Gasteiger partial charge in [0.25, 0.3) is 0 Å². The normalized spacial score (nSPS) is 15.2. The summed E-state index contributed by atoms with van der Waals surface area (Å²) >= 11 is 1.75. The Hall–Kier alpha value is -1.17. The van der Waals surface area contributed by atoms with Gasteiger partial charge in [-0.15, -0.1) is 11.3 Å². The van der Waals surface area contributed by atoms with Crippen LogP contribution in [0.5, 0.6) is 0 Å². The van der Waals surface area contributed by atoms with Gasteiger partial charge in [-0.25, -0.2) is 0 Å². The van der Waals surface area contributed by atoms with E-state index in [1.807, 2.05) is 12.3 Å². The molecule has 2 atom stereocenters. The first-order chi connectivity index (χ1) is 9.47. The summed E-state index contributed by atoms with van der Waals surface area (Å²) in [5, 5.41) is 19.8. The van der Waals surface area contributed by atoms with E-state index in [4.69, 9.17) is 0 Å². The zero-order valence-electron chi connectivity index (χ0n) is 12.3. The van der Waals surface area contributed by atoms with Gasteiger partial charge < -0.3 is 10.4 Å². The lowest BCUT2D eigenvalue weighted by Crippen LogP contribution is -2.38. The number of aliphatic hydroxyl groups excluding tert-OH is 1. The van der Waals surface area contributed by atoms with Crippen LogP contribution in [0.3, 0.4) is 0 Å². The molecule has 2 rings (SSSR count). The average Bonchev–Trinajstić information content (AvgIpc) is 3.00. The van der Waals surface area contributed by atoms with Crippen molar-refractivity contribution >= 4 is 11.3 Å². The van der Waals surface area contributed by atoms with Gasteiger partial charge in [0.2, 0.25) is 0 Å². The topological polar surface area (TPSA) is 50.1 Å². The van der Waals surface area contributed by atoms with Crippen molar-refractivity contribution in [3.8, 4) is 0 Å². The molecule has 0 aliphatic rings. The summed E-state index contributed by atoms with van der Waals surface area (Å²) in [6.45, 7) is 7.71. The van der Waals surface area contributed by atoms with Crippen LogP contribution in [0.25, 0.3) is 0 Å². The molecule has 5 heteroatoms. The van der Waals surface area contributed by atoms with Crippen molar-refractivity contribution in [1.82, 2.24) is 15.1 Å². The summed E-state index contributed by atoms with van der Waals surface area (Å²) in [7, 11) is 0. The predicted octanol–water partition coefficient (Wildman–Crippen LogP) is 2.68. The van der Waals surface area contributed by atoms with Gasteiger partial charge in [0.05, 0.1) is 12.6 Å². The molecule has 20 heavy (non-hydrogen) atoms. The monoisotopic (exact) mass is 293 g/mol. The lowest BCUT2D eigenvalue weighted by molar-refractivity contribution is 0.132. The predicted molar refractivity (Wildman–Crippen MR) is 82.8 cm³/mol. The maximum Gasteiger partial charge on any atom is 0.0860 e. The maximum absolute atomic E-state index is 10.1. The van der Waals surface area contributed by atoms with Crippen molar-refractivity contribution in [3.63, 3.8) is 0 Å². The van der Waals surface area contributed by atoms with Crippen LogP contribution in [-0.2, 0) is 6.54 Å². The minimum absolute atomic E-state index is 0.107. The van der Waals surface area contributed by atoms with Crippen molar-refractivity contribution in [1.29, 1.82) is 0 Å². The van der Waals surface area contributed by atoms with Gasteiger partial charge >= 0.3 is 0 Å². The fraction of sp³-hybridized carbons (Fsp3) is 0.533. The third-order valence-corrected chi connectivity index (χ3v) is 4.15. The van der Waals surface area contributed by atoms with Crippen molar-refractivity contribution in [2.24, 2.45) is 5.41 Å². The molecular formula is C15H23N3OS. The highest BCUT2D eigenvalue weighted by atomic mass is 32.1. The van der Waals surface area contributed by atoms with Gasteiger partial charge in [0.1, 0.15) is 0 Å². The molecule has 0 bridgehead atoms. The molecule has 0 amide bonds.